The standard InChI is InChI=1S/C15H21N5O2/c1-10-8-16-11(2)15(17-10)22-13-4-6-20(7-5-13)9-14-19-18-12(3)21-14/h8,13H,4-7,9H2,1-3H3. The van der Waals surface area contributed by atoms with Crippen molar-refractivity contribution in [1.82, 2.24) is 25.1 Å². The fourth-order valence-corrected chi connectivity index (χ4v) is 2.56. The summed E-state index contributed by atoms with van der Waals surface area (Å²) in [5.41, 5.74) is 1.72. The Kier molecular flexibility index (Phi) is 4.33. The van der Waals surface area contributed by atoms with E-state index in [0.29, 0.717) is 24.2 Å². The summed E-state index contributed by atoms with van der Waals surface area (Å²) in [4.78, 5) is 11.0. The molecule has 1 fully saturated rings. The molecule has 0 aliphatic carbocycles. The van der Waals surface area contributed by atoms with Crippen LogP contribution in [0.3, 0.4) is 0 Å². The number of hydrogen-bond donors (Lipinski definition) is 0. The third-order valence-electron chi connectivity index (χ3n) is 3.77. The molecule has 22 heavy (non-hydrogen) atoms. The Bertz CT molecular complexity index is 635. The second-order valence-electron chi connectivity index (χ2n) is 5.71. The van der Waals surface area contributed by atoms with Crippen molar-refractivity contribution in [2.45, 2.75) is 46.3 Å². The number of aryl methyl sites for hydroxylation is 3. The van der Waals surface area contributed by atoms with Crippen LogP contribution in [-0.2, 0) is 6.54 Å². The lowest BCUT2D eigenvalue weighted by molar-refractivity contribution is 0.0872. The molecule has 2 aromatic heterocycles. The van der Waals surface area contributed by atoms with Crippen molar-refractivity contribution in [2.24, 2.45) is 0 Å². The van der Waals surface area contributed by atoms with Gasteiger partial charge in [0.25, 0.3) is 0 Å². The third-order valence-corrected chi connectivity index (χ3v) is 3.77. The Morgan fingerprint density at radius 2 is 2.00 bits per heavy atom. The number of piperidine rings is 1. The van der Waals surface area contributed by atoms with E-state index in [9.17, 15) is 0 Å². The van der Waals surface area contributed by atoms with Crippen molar-refractivity contribution >= 4 is 0 Å². The molecule has 7 heteroatoms. The Hall–Kier alpha value is -2.02. The van der Waals surface area contributed by atoms with E-state index in [-0.39, 0.29) is 6.10 Å². The zero-order valence-electron chi connectivity index (χ0n) is 13.2. The topological polar surface area (TPSA) is 77.2 Å². The van der Waals surface area contributed by atoms with Crippen molar-refractivity contribution in [1.29, 1.82) is 0 Å². The maximum atomic E-state index is 6.02. The van der Waals surface area contributed by atoms with Crippen LogP contribution in [0.25, 0.3) is 0 Å². The molecule has 0 amide bonds. The Morgan fingerprint density at radius 3 is 2.68 bits per heavy atom. The van der Waals surface area contributed by atoms with E-state index in [4.69, 9.17) is 9.15 Å². The van der Waals surface area contributed by atoms with Gasteiger partial charge in [-0.1, -0.05) is 0 Å². The summed E-state index contributed by atoms with van der Waals surface area (Å²) in [5.74, 6) is 1.95. The molecule has 3 heterocycles. The predicted octanol–water partition coefficient (Wildman–Crippen LogP) is 1.83. The van der Waals surface area contributed by atoms with Crippen LogP contribution < -0.4 is 4.74 Å². The first-order chi connectivity index (χ1) is 10.6. The van der Waals surface area contributed by atoms with Gasteiger partial charge in [0.1, 0.15) is 6.10 Å². The molecule has 0 atom stereocenters. The van der Waals surface area contributed by atoms with Gasteiger partial charge in [0, 0.05) is 26.2 Å². The maximum absolute atomic E-state index is 6.02. The maximum Gasteiger partial charge on any atom is 0.235 e. The average molecular weight is 303 g/mol. The summed E-state index contributed by atoms with van der Waals surface area (Å²) in [6.45, 7) is 8.26. The van der Waals surface area contributed by atoms with Crippen LogP contribution in [0, 0.1) is 20.8 Å². The summed E-state index contributed by atoms with van der Waals surface area (Å²) < 4.78 is 11.4. The largest absolute Gasteiger partial charge is 0.473 e. The molecule has 0 unspecified atom stereocenters. The van der Waals surface area contributed by atoms with Crippen molar-refractivity contribution in [3.05, 3.63) is 29.4 Å². The first-order valence-electron chi connectivity index (χ1n) is 7.58. The molecule has 0 aromatic carbocycles. The molecule has 1 aliphatic heterocycles. The van der Waals surface area contributed by atoms with Gasteiger partial charge in [-0.25, -0.2) is 4.98 Å². The number of aromatic nitrogens is 4. The van der Waals surface area contributed by atoms with Gasteiger partial charge in [-0.3, -0.25) is 9.88 Å². The lowest BCUT2D eigenvalue weighted by atomic mass is 10.1. The second kappa shape index (κ2) is 6.39. The van der Waals surface area contributed by atoms with E-state index < -0.39 is 0 Å². The summed E-state index contributed by atoms with van der Waals surface area (Å²) in [5, 5.41) is 7.90. The lowest BCUT2D eigenvalue weighted by Crippen LogP contribution is -2.38. The minimum atomic E-state index is 0.190. The van der Waals surface area contributed by atoms with E-state index in [1.165, 1.54) is 0 Å². The van der Waals surface area contributed by atoms with E-state index in [1.807, 2.05) is 20.8 Å². The number of nitrogens with zero attached hydrogens (tertiary/aromatic N) is 5. The van der Waals surface area contributed by atoms with E-state index in [1.54, 1.807) is 6.20 Å². The van der Waals surface area contributed by atoms with E-state index in [0.717, 1.165) is 37.3 Å². The first-order valence-corrected chi connectivity index (χ1v) is 7.58. The zero-order valence-corrected chi connectivity index (χ0v) is 13.2. The number of rotatable bonds is 4. The molecule has 3 rings (SSSR count). The quantitative estimate of drug-likeness (QED) is 0.852. The fraction of sp³-hybridized carbons (Fsp3) is 0.600. The molecule has 0 radical (unpaired) electrons. The highest BCUT2D eigenvalue weighted by Crippen LogP contribution is 2.20. The molecule has 0 spiro atoms. The highest BCUT2D eigenvalue weighted by molar-refractivity contribution is 5.18. The second-order valence-corrected chi connectivity index (χ2v) is 5.71. The van der Waals surface area contributed by atoms with Gasteiger partial charge in [-0.2, -0.15) is 0 Å². The van der Waals surface area contributed by atoms with Gasteiger partial charge in [0.05, 0.1) is 17.9 Å². The number of hydrogen-bond acceptors (Lipinski definition) is 7. The smallest absolute Gasteiger partial charge is 0.235 e. The third kappa shape index (κ3) is 3.59. The monoisotopic (exact) mass is 303 g/mol. The minimum Gasteiger partial charge on any atom is -0.473 e. The van der Waals surface area contributed by atoms with E-state index in [2.05, 4.69) is 25.1 Å². The van der Waals surface area contributed by atoms with Gasteiger partial charge in [-0.05, 0) is 26.7 Å². The van der Waals surface area contributed by atoms with Gasteiger partial charge in [0.15, 0.2) is 0 Å². The van der Waals surface area contributed by atoms with Crippen molar-refractivity contribution < 1.29 is 9.15 Å². The van der Waals surface area contributed by atoms with Gasteiger partial charge in [-0.15, -0.1) is 10.2 Å². The number of ether oxygens (including phenoxy) is 1. The molecular formula is C15H21N5O2. The van der Waals surface area contributed by atoms with Crippen LogP contribution in [0.15, 0.2) is 10.6 Å². The Balaban J connectivity index is 1.52. The Morgan fingerprint density at radius 1 is 1.23 bits per heavy atom. The van der Waals surface area contributed by atoms with Crippen LogP contribution in [-0.4, -0.2) is 44.3 Å². The molecule has 0 N–H and O–H groups in total. The molecule has 0 saturated carbocycles. The van der Waals surface area contributed by atoms with Crippen LogP contribution in [0.2, 0.25) is 0 Å². The molecule has 2 aromatic rings. The first kappa shape index (κ1) is 14.9. The predicted molar refractivity (Wildman–Crippen MR) is 79.5 cm³/mol. The van der Waals surface area contributed by atoms with Crippen LogP contribution in [0.1, 0.15) is 36.0 Å². The van der Waals surface area contributed by atoms with Crippen molar-refractivity contribution in [2.75, 3.05) is 13.1 Å². The minimum absolute atomic E-state index is 0.190. The SMILES string of the molecule is Cc1cnc(C)c(OC2CCN(Cc3nnc(C)o3)CC2)n1. The van der Waals surface area contributed by atoms with Crippen molar-refractivity contribution in [3.8, 4) is 5.88 Å². The molecule has 118 valence electrons. The lowest BCUT2D eigenvalue weighted by Gasteiger charge is -2.31. The van der Waals surface area contributed by atoms with E-state index >= 15 is 0 Å². The summed E-state index contributed by atoms with van der Waals surface area (Å²) >= 11 is 0. The molecular weight excluding hydrogens is 282 g/mol. The highest BCUT2D eigenvalue weighted by Gasteiger charge is 2.23. The molecule has 7 nitrogen and oxygen atoms in total. The zero-order chi connectivity index (χ0) is 15.5. The highest BCUT2D eigenvalue weighted by atomic mass is 16.5. The fourth-order valence-electron chi connectivity index (χ4n) is 2.56. The summed E-state index contributed by atoms with van der Waals surface area (Å²) in [6, 6.07) is 0. The van der Waals surface area contributed by atoms with Crippen LogP contribution in [0.5, 0.6) is 5.88 Å². The molecule has 1 aliphatic rings. The molecule has 1 saturated heterocycles. The number of likely N-dealkylation sites (tertiary alicyclic amines) is 1. The summed E-state index contributed by atoms with van der Waals surface area (Å²) in [7, 11) is 0. The normalized spacial score (nSPS) is 16.9. The van der Waals surface area contributed by atoms with Crippen LogP contribution in [0.4, 0.5) is 0 Å². The molecule has 0 bridgehead atoms. The Labute approximate surface area is 129 Å². The van der Waals surface area contributed by atoms with Gasteiger partial charge < -0.3 is 9.15 Å². The van der Waals surface area contributed by atoms with Gasteiger partial charge in [0.2, 0.25) is 17.7 Å². The summed E-state index contributed by atoms with van der Waals surface area (Å²) in [6.07, 6.45) is 3.87. The average Bonchev–Trinajstić information content (AvgIpc) is 2.90. The van der Waals surface area contributed by atoms with Crippen molar-refractivity contribution in [3.63, 3.8) is 0 Å². The van der Waals surface area contributed by atoms with Gasteiger partial charge >= 0.3 is 0 Å². The van der Waals surface area contributed by atoms with Crippen LogP contribution >= 0.6 is 0 Å².